The van der Waals surface area contributed by atoms with E-state index < -0.39 is 9.84 Å². The lowest BCUT2D eigenvalue weighted by atomic mass is 10.1. The smallest absolute Gasteiger partial charge is 0.175 e. The number of sulfone groups is 1. The van der Waals surface area contributed by atoms with Gasteiger partial charge in [0.2, 0.25) is 0 Å². The fraction of sp³-hybridized carbons (Fsp3) is 0.538. The Morgan fingerprint density at radius 3 is 2.44 bits per heavy atom. The van der Waals surface area contributed by atoms with Gasteiger partial charge in [-0.25, -0.2) is 8.42 Å². The van der Waals surface area contributed by atoms with Crippen LogP contribution in [0, 0.1) is 5.92 Å². The average Bonchev–Trinajstić information content (AvgIpc) is 2.72. The standard InChI is InChI=1S/C13H19NO3S/c1-18(16,17)13-6-3-11(4-7-13)14-9-10-2-5-12(15)8-10/h3-4,6-7,10,12,14-15H,2,5,8-9H2,1H3. The lowest BCUT2D eigenvalue weighted by Gasteiger charge is -2.12. The maximum absolute atomic E-state index is 11.3. The van der Waals surface area contributed by atoms with Gasteiger partial charge >= 0.3 is 0 Å². The molecule has 0 aromatic heterocycles. The molecule has 2 atom stereocenters. The van der Waals surface area contributed by atoms with Crippen LogP contribution in [0.5, 0.6) is 0 Å². The molecule has 0 radical (unpaired) electrons. The third-order valence-corrected chi connectivity index (χ3v) is 4.52. The minimum atomic E-state index is -3.12. The average molecular weight is 269 g/mol. The van der Waals surface area contributed by atoms with Crippen LogP contribution in [0.2, 0.25) is 0 Å². The van der Waals surface area contributed by atoms with Crippen molar-refractivity contribution in [2.45, 2.75) is 30.3 Å². The fourth-order valence-electron chi connectivity index (χ4n) is 2.32. The number of aliphatic hydroxyl groups excluding tert-OH is 1. The van der Waals surface area contributed by atoms with Crippen molar-refractivity contribution in [3.63, 3.8) is 0 Å². The quantitative estimate of drug-likeness (QED) is 0.872. The minimum Gasteiger partial charge on any atom is -0.393 e. The monoisotopic (exact) mass is 269 g/mol. The Bertz CT molecular complexity index is 495. The molecule has 1 aliphatic rings. The van der Waals surface area contributed by atoms with Gasteiger partial charge in [-0.2, -0.15) is 0 Å². The van der Waals surface area contributed by atoms with Crippen LogP contribution in [0.3, 0.4) is 0 Å². The van der Waals surface area contributed by atoms with Crippen LogP contribution in [0.4, 0.5) is 5.69 Å². The Balaban J connectivity index is 1.91. The van der Waals surface area contributed by atoms with Gasteiger partial charge in [-0.1, -0.05) is 0 Å². The van der Waals surface area contributed by atoms with Gasteiger partial charge in [-0.05, 0) is 49.4 Å². The van der Waals surface area contributed by atoms with Gasteiger partial charge in [0.15, 0.2) is 9.84 Å². The number of anilines is 1. The second-order valence-corrected chi connectivity index (χ2v) is 7.03. The molecule has 0 aliphatic heterocycles. The second kappa shape index (κ2) is 5.28. The Morgan fingerprint density at radius 1 is 1.28 bits per heavy atom. The van der Waals surface area contributed by atoms with E-state index in [1.165, 1.54) is 6.26 Å². The molecule has 0 spiro atoms. The highest BCUT2D eigenvalue weighted by atomic mass is 32.2. The Morgan fingerprint density at radius 2 is 1.94 bits per heavy atom. The number of hydrogen-bond acceptors (Lipinski definition) is 4. The molecule has 2 N–H and O–H groups in total. The molecule has 1 aromatic carbocycles. The summed E-state index contributed by atoms with van der Waals surface area (Å²) in [5.74, 6) is 0.509. The number of hydrogen-bond donors (Lipinski definition) is 2. The first-order valence-corrected chi connectivity index (χ1v) is 8.06. The molecule has 2 unspecified atom stereocenters. The molecule has 18 heavy (non-hydrogen) atoms. The normalized spacial score (nSPS) is 24.1. The summed E-state index contributed by atoms with van der Waals surface area (Å²) in [7, 11) is -3.12. The van der Waals surface area contributed by atoms with Crippen LogP contribution < -0.4 is 5.32 Å². The predicted molar refractivity (Wildman–Crippen MR) is 71.4 cm³/mol. The fourth-order valence-corrected chi connectivity index (χ4v) is 2.95. The zero-order valence-electron chi connectivity index (χ0n) is 10.5. The molecule has 0 amide bonds. The van der Waals surface area contributed by atoms with Crippen LogP contribution in [0.25, 0.3) is 0 Å². The highest BCUT2D eigenvalue weighted by Gasteiger charge is 2.22. The first-order valence-electron chi connectivity index (χ1n) is 6.17. The van der Waals surface area contributed by atoms with E-state index in [1.54, 1.807) is 24.3 Å². The summed E-state index contributed by atoms with van der Waals surface area (Å²) in [6.45, 7) is 0.829. The topological polar surface area (TPSA) is 66.4 Å². The minimum absolute atomic E-state index is 0.149. The van der Waals surface area contributed by atoms with Crippen LogP contribution in [0.15, 0.2) is 29.2 Å². The summed E-state index contributed by atoms with van der Waals surface area (Å²) in [5.41, 5.74) is 0.920. The van der Waals surface area contributed by atoms with E-state index in [-0.39, 0.29) is 6.10 Å². The number of rotatable bonds is 4. The molecule has 0 saturated heterocycles. The van der Waals surface area contributed by atoms with Crippen LogP contribution in [0.1, 0.15) is 19.3 Å². The molecule has 1 saturated carbocycles. The molecule has 1 fully saturated rings. The van der Waals surface area contributed by atoms with Crippen LogP contribution in [-0.2, 0) is 9.84 Å². The first-order chi connectivity index (χ1) is 8.45. The molecule has 0 bridgehead atoms. The molecule has 100 valence electrons. The van der Waals surface area contributed by atoms with Crippen molar-refractivity contribution >= 4 is 15.5 Å². The van der Waals surface area contributed by atoms with Crippen molar-refractivity contribution in [2.24, 2.45) is 5.92 Å². The van der Waals surface area contributed by atoms with E-state index in [0.29, 0.717) is 10.8 Å². The summed E-state index contributed by atoms with van der Waals surface area (Å²) in [6.07, 6.45) is 3.85. The van der Waals surface area contributed by atoms with Crippen molar-refractivity contribution in [1.82, 2.24) is 0 Å². The van der Waals surface area contributed by atoms with Gasteiger partial charge in [-0.15, -0.1) is 0 Å². The third-order valence-electron chi connectivity index (χ3n) is 3.39. The second-order valence-electron chi connectivity index (χ2n) is 5.01. The van der Waals surface area contributed by atoms with E-state index in [2.05, 4.69) is 5.32 Å². The summed E-state index contributed by atoms with van der Waals surface area (Å²) < 4.78 is 22.6. The zero-order chi connectivity index (χ0) is 13.2. The lowest BCUT2D eigenvalue weighted by Crippen LogP contribution is -2.12. The molecular formula is C13H19NO3S. The maximum atomic E-state index is 11.3. The Kier molecular flexibility index (Phi) is 3.92. The van der Waals surface area contributed by atoms with Gasteiger partial charge in [-0.3, -0.25) is 0 Å². The van der Waals surface area contributed by atoms with Gasteiger partial charge in [0.25, 0.3) is 0 Å². The Hall–Kier alpha value is -1.07. The SMILES string of the molecule is CS(=O)(=O)c1ccc(NCC2CCC(O)C2)cc1. The molecule has 1 aromatic rings. The van der Waals surface area contributed by atoms with E-state index in [9.17, 15) is 13.5 Å². The number of nitrogens with one attached hydrogen (secondary N) is 1. The van der Waals surface area contributed by atoms with Crippen LogP contribution >= 0.6 is 0 Å². The van der Waals surface area contributed by atoms with Crippen molar-refractivity contribution in [1.29, 1.82) is 0 Å². The van der Waals surface area contributed by atoms with Crippen molar-refractivity contribution in [2.75, 3.05) is 18.1 Å². The molecule has 0 heterocycles. The molecule has 2 rings (SSSR count). The molecular weight excluding hydrogens is 250 g/mol. The first kappa shape index (κ1) is 13.4. The van der Waals surface area contributed by atoms with Gasteiger partial charge < -0.3 is 10.4 Å². The van der Waals surface area contributed by atoms with Gasteiger partial charge in [0, 0.05) is 18.5 Å². The van der Waals surface area contributed by atoms with Crippen molar-refractivity contribution in [3.8, 4) is 0 Å². The summed E-state index contributed by atoms with van der Waals surface area (Å²) in [4.78, 5) is 0.337. The van der Waals surface area contributed by atoms with Gasteiger partial charge in [0.05, 0.1) is 11.0 Å². The largest absolute Gasteiger partial charge is 0.393 e. The Labute approximate surface area is 108 Å². The molecule has 4 nitrogen and oxygen atoms in total. The van der Waals surface area contributed by atoms with Gasteiger partial charge in [0.1, 0.15) is 0 Å². The van der Waals surface area contributed by atoms with Crippen molar-refractivity contribution < 1.29 is 13.5 Å². The summed E-state index contributed by atoms with van der Waals surface area (Å²) in [6, 6.07) is 6.78. The van der Waals surface area contributed by atoms with E-state index in [0.717, 1.165) is 31.5 Å². The summed E-state index contributed by atoms with van der Waals surface area (Å²) in [5, 5.41) is 12.7. The van der Waals surface area contributed by atoms with E-state index in [4.69, 9.17) is 0 Å². The third kappa shape index (κ3) is 3.46. The van der Waals surface area contributed by atoms with Crippen LogP contribution in [-0.4, -0.2) is 32.4 Å². The van der Waals surface area contributed by atoms with E-state index in [1.807, 2.05) is 0 Å². The molecule has 1 aliphatic carbocycles. The number of aliphatic hydroxyl groups is 1. The van der Waals surface area contributed by atoms with E-state index >= 15 is 0 Å². The zero-order valence-corrected chi connectivity index (χ0v) is 11.3. The maximum Gasteiger partial charge on any atom is 0.175 e. The number of benzene rings is 1. The highest BCUT2D eigenvalue weighted by molar-refractivity contribution is 7.90. The highest BCUT2D eigenvalue weighted by Crippen LogP contribution is 2.25. The summed E-state index contributed by atoms with van der Waals surface area (Å²) >= 11 is 0. The predicted octanol–water partition coefficient (Wildman–Crippen LogP) is 1.66. The lowest BCUT2D eigenvalue weighted by molar-refractivity contribution is 0.178. The molecule has 5 heteroatoms. The van der Waals surface area contributed by atoms with Crippen molar-refractivity contribution in [3.05, 3.63) is 24.3 Å².